The SMILES string of the molecule is CCN1CCCN(CC2(O)CCCN(Cc3ccc(C(C)C)cc3)C2=O)CC1. The number of rotatable bonds is 6. The Labute approximate surface area is 170 Å². The van der Waals surface area contributed by atoms with Crippen LogP contribution >= 0.6 is 0 Å². The Bertz CT molecular complexity index is 646. The van der Waals surface area contributed by atoms with Gasteiger partial charge in [0.2, 0.25) is 0 Å². The number of amides is 1. The average Bonchev–Trinajstić information content (AvgIpc) is 2.91. The van der Waals surface area contributed by atoms with Gasteiger partial charge >= 0.3 is 0 Å². The number of hydrogen-bond donors (Lipinski definition) is 1. The largest absolute Gasteiger partial charge is 0.379 e. The second kappa shape index (κ2) is 9.38. The lowest BCUT2D eigenvalue weighted by Crippen LogP contribution is -2.58. The van der Waals surface area contributed by atoms with Crippen molar-refractivity contribution in [2.75, 3.05) is 45.8 Å². The van der Waals surface area contributed by atoms with Gasteiger partial charge < -0.3 is 14.9 Å². The van der Waals surface area contributed by atoms with Crippen molar-refractivity contribution in [3.63, 3.8) is 0 Å². The molecule has 0 bridgehead atoms. The second-order valence-corrected chi connectivity index (χ2v) is 8.82. The molecule has 1 unspecified atom stereocenters. The average molecular weight is 388 g/mol. The van der Waals surface area contributed by atoms with Gasteiger partial charge in [0.05, 0.1) is 0 Å². The molecule has 1 atom stereocenters. The van der Waals surface area contributed by atoms with E-state index in [0.29, 0.717) is 25.4 Å². The predicted octanol–water partition coefficient (Wildman–Crippen LogP) is 2.69. The zero-order valence-corrected chi connectivity index (χ0v) is 17.9. The lowest BCUT2D eigenvalue weighted by Gasteiger charge is -2.40. The van der Waals surface area contributed by atoms with E-state index in [4.69, 9.17) is 0 Å². The summed E-state index contributed by atoms with van der Waals surface area (Å²) in [5.41, 5.74) is 1.21. The van der Waals surface area contributed by atoms with E-state index in [1.165, 1.54) is 5.56 Å². The molecule has 1 amide bonds. The first-order valence-electron chi connectivity index (χ1n) is 11.0. The molecular weight excluding hydrogens is 350 g/mol. The molecule has 2 fully saturated rings. The quantitative estimate of drug-likeness (QED) is 0.815. The number of aliphatic hydroxyl groups is 1. The highest BCUT2D eigenvalue weighted by molar-refractivity contribution is 5.86. The Kier molecular flexibility index (Phi) is 7.13. The van der Waals surface area contributed by atoms with E-state index < -0.39 is 5.60 Å². The van der Waals surface area contributed by atoms with Gasteiger partial charge in [-0.2, -0.15) is 0 Å². The normalized spacial score (nSPS) is 25.3. The van der Waals surface area contributed by atoms with Gasteiger partial charge in [0, 0.05) is 32.7 Å². The number of hydrogen-bond acceptors (Lipinski definition) is 4. The third-order valence-electron chi connectivity index (χ3n) is 6.34. The summed E-state index contributed by atoms with van der Waals surface area (Å²) in [6, 6.07) is 8.53. The lowest BCUT2D eigenvalue weighted by atomic mass is 9.90. The number of piperidine rings is 1. The summed E-state index contributed by atoms with van der Waals surface area (Å²) in [6.45, 7) is 13.4. The molecule has 0 aliphatic carbocycles. The maximum Gasteiger partial charge on any atom is 0.256 e. The topological polar surface area (TPSA) is 47.0 Å². The summed E-state index contributed by atoms with van der Waals surface area (Å²) in [7, 11) is 0. The molecule has 28 heavy (non-hydrogen) atoms. The van der Waals surface area contributed by atoms with Gasteiger partial charge in [0.15, 0.2) is 5.60 Å². The van der Waals surface area contributed by atoms with Gasteiger partial charge in [-0.05, 0) is 55.9 Å². The molecule has 0 spiro atoms. The van der Waals surface area contributed by atoms with Gasteiger partial charge in [-0.3, -0.25) is 9.69 Å². The van der Waals surface area contributed by atoms with E-state index in [9.17, 15) is 9.90 Å². The Balaban J connectivity index is 1.62. The number of carbonyl (C=O) groups excluding carboxylic acids is 1. The molecule has 1 aromatic carbocycles. The second-order valence-electron chi connectivity index (χ2n) is 8.82. The third kappa shape index (κ3) is 5.13. The highest BCUT2D eigenvalue weighted by Gasteiger charge is 2.43. The molecule has 2 heterocycles. The van der Waals surface area contributed by atoms with Crippen LogP contribution in [0.25, 0.3) is 0 Å². The van der Waals surface area contributed by atoms with E-state index >= 15 is 0 Å². The molecular formula is C23H37N3O2. The van der Waals surface area contributed by atoms with Crippen LogP contribution in [0.1, 0.15) is 57.1 Å². The van der Waals surface area contributed by atoms with Gasteiger partial charge in [0.1, 0.15) is 0 Å². The van der Waals surface area contributed by atoms with Crippen molar-refractivity contribution >= 4 is 5.91 Å². The first-order chi connectivity index (χ1) is 13.4. The Hall–Kier alpha value is -1.43. The minimum Gasteiger partial charge on any atom is -0.379 e. The summed E-state index contributed by atoms with van der Waals surface area (Å²) in [5, 5.41) is 11.2. The monoisotopic (exact) mass is 387 g/mol. The number of nitrogens with zero attached hydrogens (tertiary/aromatic N) is 3. The zero-order valence-electron chi connectivity index (χ0n) is 17.9. The Morgan fingerprint density at radius 2 is 1.68 bits per heavy atom. The van der Waals surface area contributed by atoms with Crippen molar-refractivity contribution in [3.8, 4) is 0 Å². The fourth-order valence-corrected chi connectivity index (χ4v) is 4.46. The zero-order chi connectivity index (χ0) is 20.1. The van der Waals surface area contributed by atoms with Crippen LogP contribution in [0.5, 0.6) is 0 Å². The van der Waals surface area contributed by atoms with Crippen LogP contribution in [-0.4, -0.2) is 77.1 Å². The van der Waals surface area contributed by atoms with E-state index in [2.05, 4.69) is 54.8 Å². The van der Waals surface area contributed by atoms with E-state index in [-0.39, 0.29) is 5.91 Å². The molecule has 0 radical (unpaired) electrons. The van der Waals surface area contributed by atoms with Crippen LogP contribution in [0, 0.1) is 0 Å². The molecule has 5 heteroatoms. The van der Waals surface area contributed by atoms with Crippen LogP contribution in [0.2, 0.25) is 0 Å². The fraction of sp³-hybridized carbons (Fsp3) is 0.696. The van der Waals surface area contributed by atoms with E-state index in [0.717, 1.165) is 57.7 Å². The molecule has 0 aromatic heterocycles. The minimum absolute atomic E-state index is 0.0942. The highest BCUT2D eigenvalue weighted by Crippen LogP contribution is 2.26. The van der Waals surface area contributed by atoms with Crippen LogP contribution in [0.15, 0.2) is 24.3 Å². The number of likely N-dealkylation sites (tertiary alicyclic amines) is 1. The first-order valence-corrected chi connectivity index (χ1v) is 11.0. The van der Waals surface area contributed by atoms with Gasteiger partial charge in [-0.15, -0.1) is 0 Å². The van der Waals surface area contributed by atoms with E-state index in [1.54, 1.807) is 0 Å². The lowest BCUT2D eigenvalue weighted by molar-refractivity contribution is -0.160. The summed E-state index contributed by atoms with van der Waals surface area (Å²) >= 11 is 0. The standard InChI is InChI=1S/C23H37N3O2/c1-4-24-12-6-13-25(16-15-24)18-23(28)11-5-14-26(22(23)27)17-20-7-9-21(10-8-20)19(2)3/h7-10,19,28H,4-6,11-18H2,1-3H3. The number of carbonyl (C=O) groups is 1. The molecule has 156 valence electrons. The van der Waals surface area contributed by atoms with Crippen LogP contribution in [-0.2, 0) is 11.3 Å². The summed E-state index contributed by atoms with van der Waals surface area (Å²) < 4.78 is 0. The predicted molar refractivity (Wildman–Crippen MR) is 113 cm³/mol. The van der Waals surface area contributed by atoms with Crippen LogP contribution in [0.3, 0.4) is 0 Å². The summed E-state index contributed by atoms with van der Waals surface area (Å²) in [4.78, 5) is 19.7. The molecule has 5 nitrogen and oxygen atoms in total. The van der Waals surface area contributed by atoms with Crippen molar-refractivity contribution < 1.29 is 9.90 Å². The Morgan fingerprint density at radius 1 is 1.00 bits per heavy atom. The van der Waals surface area contributed by atoms with Gasteiger partial charge in [-0.25, -0.2) is 0 Å². The molecule has 3 rings (SSSR count). The Morgan fingerprint density at radius 3 is 2.36 bits per heavy atom. The molecule has 2 aliphatic rings. The van der Waals surface area contributed by atoms with Crippen molar-refractivity contribution in [1.82, 2.24) is 14.7 Å². The molecule has 0 saturated carbocycles. The molecule has 2 saturated heterocycles. The van der Waals surface area contributed by atoms with Crippen LogP contribution in [0.4, 0.5) is 0 Å². The maximum atomic E-state index is 13.1. The van der Waals surface area contributed by atoms with Crippen molar-refractivity contribution in [3.05, 3.63) is 35.4 Å². The number of benzene rings is 1. The smallest absolute Gasteiger partial charge is 0.256 e. The first kappa shape index (κ1) is 21.3. The van der Waals surface area contributed by atoms with Crippen molar-refractivity contribution in [1.29, 1.82) is 0 Å². The summed E-state index contributed by atoms with van der Waals surface area (Å²) in [6.07, 6.45) is 2.54. The molecule has 1 aromatic rings. The van der Waals surface area contributed by atoms with Crippen LogP contribution < -0.4 is 0 Å². The molecule has 1 N–H and O–H groups in total. The number of likely N-dealkylation sites (N-methyl/N-ethyl adjacent to an activating group) is 1. The highest BCUT2D eigenvalue weighted by atomic mass is 16.3. The summed E-state index contributed by atoms with van der Waals surface area (Å²) in [5.74, 6) is 0.413. The van der Waals surface area contributed by atoms with Gasteiger partial charge in [0.25, 0.3) is 5.91 Å². The maximum absolute atomic E-state index is 13.1. The third-order valence-corrected chi connectivity index (χ3v) is 6.34. The van der Waals surface area contributed by atoms with Crippen molar-refractivity contribution in [2.24, 2.45) is 0 Å². The molecule has 2 aliphatic heterocycles. The minimum atomic E-state index is -1.24. The van der Waals surface area contributed by atoms with Gasteiger partial charge in [-0.1, -0.05) is 45.0 Å². The van der Waals surface area contributed by atoms with E-state index in [1.807, 2.05) is 4.90 Å². The fourth-order valence-electron chi connectivity index (χ4n) is 4.46. The van der Waals surface area contributed by atoms with Crippen molar-refractivity contribution in [2.45, 2.75) is 58.1 Å². The number of β-amino-alcohol motifs (C(OH)–C–C–N with tert-alkyl or cyclic N) is 1.